The maximum Gasteiger partial charge on any atom is 0.269 e. The molecule has 0 saturated heterocycles. The van der Waals surface area contributed by atoms with E-state index in [1.54, 1.807) is 10.9 Å². The minimum Gasteiger partial charge on any atom is -0.382 e. The van der Waals surface area contributed by atoms with E-state index in [2.05, 4.69) is 47.4 Å². The summed E-state index contributed by atoms with van der Waals surface area (Å²) in [6.45, 7) is 0.490. The van der Waals surface area contributed by atoms with Gasteiger partial charge >= 0.3 is 0 Å². The fraction of sp³-hybridized carbons (Fsp3) is 0.150. The summed E-state index contributed by atoms with van der Waals surface area (Å²) < 4.78 is 3.32. The van der Waals surface area contributed by atoms with Gasteiger partial charge in [-0.3, -0.25) is 9.48 Å². The van der Waals surface area contributed by atoms with Crippen LogP contribution in [0.3, 0.4) is 0 Å². The van der Waals surface area contributed by atoms with E-state index >= 15 is 0 Å². The molecule has 2 aromatic carbocycles. The number of amides is 1. The first-order chi connectivity index (χ1) is 14.0. The minimum absolute atomic E-state index is 0.303. The molecular formula is C20H15Br2ClN4O2. The van der Waals surface area contributed by atoms with Crippen LogP contribution in [0.1, 0.15) is 17.5 Å². The fourth-order valence-electron chi connectivity index (χ4n) is 2.92. The lowest BCUT2D eigenvalue weighted by atomic mass is 10.0. The zero-order chi connectivity index (χ0) is 20.4. The molecule has 29 heavy (non-hydrogen) atoms. The largest absolute Gasteiger partial charge is 0.382 e. The van der Waals surface area contributed by atoms with Crippen molar-refractivity contribution in [3.05, 3.63) is 79.8 Å². The average Bonchev–Trinajstić information content (AvgIpc) is 3.31. The van der Waals surface area contributed by atoms with Gasteiger partial charge in [0.15, 0.2) is 5.82 Å². The average molecular weight is 539 g/mol. The third-order valence-corrected chi connectivity index (χ3v) is 5.81. The number of benzene rings is 2. The lowest BCUT2D eigenvalue weighted by Crippen LogP contribution is -2.28. The van der Waals surface area contributed by atoms with E-state index in [1.807, 2.05) is 48.5 Å². The third kappa shape index (κ3) is 4.71. The molecule has 0 saturated carbocycles. The molecule has 9 heteroatoms. The molecule has 1 aromatic heterocycles. The van der Waals surface area contributed by atoms with Gasteiger partial charge in [-0.25, -0.2) is 0 Å². The number of carbonyl (C=O) groups excluding carboxylic acids is 1. The highest BCUT2D eigenvalue weighted by Crippen LogP contribution is 2.25. The Bertz CT molecular complexity index is 1100. The molecule has 1 aliphatic heterocycles. The molecule has 1 aliphatic rings. The number of hydrogen-bond acceptors (Lipinski definition) is 4. The number of hydrogen-bond donors (Lipinski definition) is 1. The second-order valence-electron chi connectivity index (χ2n) is 6.45. The SMILES string of the molecule is O=C(Nc1nn(Cc2ccccc2Cl)cc1Br)C1CC(c2cccc(Br)c2)=NO1. The molecule has 6 nitrogen and oxygen atoms in total. The molecule has 1 amide bonds. The Morgan fingerprint density at radius 2 is 2.07 bits per heavy atom. The van der Waals surface area contributed by atoms with E-state index in [4.69, 9.17) is 16.4 Å². The molecule has 4 rings (SSSR count). The van der Waals surface area contributed by atoms with Gasteiger partial charge in [-0.05, 0) is 39.7 Å². The molecule has 2 heterocycles. The summed E-state index contributed by atoms with van der Waals surface area (Å²) in [5.41, 5.74) is 2.59. The van der Waals surface area contributed by atoms with Gasteiger partial charge in [0.05, 0.1) is 16.7 Å². The molecule has 148 valence electrons. The van der Waals surface area contributed by atoms with Gasteiger partial charge in [0, 0.05) is 27.7 Å². The van der Waals surface area contributed by atoms with Gasteiger partial charge in [-0.2, -0.15) is 5.10 Å². The number of rotatable bonds is 5. The van der Waals surface area contributed by atoms with Crippen LogP contribution in [0.2, 0.25) is 5.02 Å². The molecular weight excluding hydrogens is 524 g/mol. The van der Waals surface area contributed by atoms with Crippen LogP contribution >= 0.6 is 43.5 Å². The van der Waals surface area contributed by atoms with Crippen LogP contribution in [0, 0.1) is 0 Å². The van der Waals surface area contributed by atoms with Crippen molar-refractivity contribution in [2.24, 2.45) is 5.16 Å². The number of oxime groups is 1. The van der Waals surface area contributed by atoms with Crippen LogP contribution < -0.4 is 5.32 Å². The number of halogens is 3. The number of nitrogens with zero attached hydrogens (tertiary/aromatic N) is 3. The van der Waals surface area contributed by atoms with Crippen LogP contribution in [0.15, 0.2) is 68.8 Å². The summed E-state index contributed by atoms with van der Waals surface area (Å²) in [7, 11) is 0. The lowest BCUT2D eigenvalue weighted by molar-refractivity contribution is -0.125. The second-order valence-corrected chi connectivity index (χ2v) is 8.63. The Morgan fingerprint density at radius 3 is 2.86 bits per heavy atom. The first-order valence-corrected chi connectivity index (χ1v) is 10.7. The van der Waals surface area contributed by atoms with Gasteiger partial charge in [0.2, 0.25) is 6.10 Å². The summed E-state index contributed by atoms with van der Waals surface area (Å²) >= 11 is 13.1. The van der Waals surface area contributed by atoms with Gasteiger partial charge in [-0.15, -0.1) is 0 Å². The molecule has 0 aliphatic carbocycles. The van der Waals surface area contributed by atoms with E-state index in [0.717, 1.165) is 21.3 Å². The fourth-order valence-corrected chi connectivity index (χ4v) is 3.93. The Labute approximate surface area is 189 Å². The Balaban J connectivity index is 1.40. The quantitative estimate of drug-likeness (QED) is 0.483. The van der Waals surface area contributed by atoms with Crippen LogP contribution in [0.5, 0.6) is 0 Å². The number of anilines is 1. The summed E-state index contributed by atoms with van der Waals surface area (Å²) in [5, 5.41) is 12.0. The molecule has 0 radical (unpaired) electrons. The van der Waals surface area contributed by atoms with Crippen molar-refractivity contribution < 1.29 is 9.63 Å². The van der Waals surface area contributed by atoms with Gasteiger partial charge in [0.25, 0.3) is 5.91 Å². The first kappa shape index (κ1) is 20.1. The maximum absolute atomic E-state index is 12.6. The monoisotopic (exact) mass is 536 g/mol. The van der Waals surface area contributed by atoms with Crippen molar-refractivity contribution >= 4 is 60.9 Å². The minimum atomic E-state index is -0.704. The van der Waals surface area contributed by atoms with E-state index in [0.29, 0.717) is 28.3 Å². The summed E-state index contributed by atoms with van der Waals surface area (Å²) in [5.74, 6) is 0.115. The van der Waals surface area contributed by atoms with E-state index in [9.17, 15) is 4.79 Å². The van der Waals surface area contributed by atoms with Gasteiger partial charge < -0.3 is 10.2 Å². The molecule has 1 unspecified atom stereocenters. The molecule has 0 fully saturated rings. The first-order valence-electron chi connectivity index (χ1n) is 8.75. The topological polar surface area (TPSA) is 68.5 Å². The smallest absolute Gasteiger partial charge is 0.269 e. The predicted octanol–water partition coefficient (Wildman–Crippen LogP) is 5.24. The summed E-state index contributed by atoms with van der Waals surface area (Å²) in [6.07, 6.45) is 1.47. The number of aromatic nitrogens is 2. The summed E-state index contributed by atoms with van der Waals surface area (Å²) in [6, 6.07) is 15.3. The molecule has 1 N–H and O–H groups in total. The Hall–Kier alpha value is -2.16. The maximum atomic E-state index is 12.6. The number of nitrogens with one attached hydrogen (secondary N) is 1. The molecule has 0 bridgehead atoms. The zero-order valence-corrected chi connectivity index (χ0v) is 18.9. The predicted molar refractivity (Wildman–Crippen MR) is 119 cm³/mol. The molecule has 0 spiro atoms. The zero-order valence-electron chi connectivity index (χ0n) is 15.0. The Morgan fingerprint density at radius 1 is 1.24 bits per heavy atom. The highest BCUT2D eigenvalue weighted by Gasteiger charge is 2.30. The van der Waals surface area contributed by atoms with Crippen LogP contribution in [-0.2, 0) is 16.2 Å². The third-order valence-electron chi connectivity index (χ3n) is 4.37. The van der Waals surface area contributed by atoms with Gasteiger partial charge in [-0.1, -0.05) is 63.0 Å². The number of carbonyl (C=O) groups is 1. The standard InChI is InChI=1S/C20H15Br2ClN4O2/c21-14-6-3-5-12(8-14)17-9-18(29-26-17)20(28)24-19-15(22)11-27(25-19)10-13-4-1-2-7-16(13)23/h1-8,11,18H,9-10H2,(H,24,25,28). The van der Waals surface area contributed by atoms with Crippen molar-refractivity contribution in [1.29, 1.82) is 0 Å². The van der Waals surface area contributed by atoms with Crippen LogP contribution in [0.4, 0.5) is 5.82 Å². The highest BCUT2D eigenvalue weighted by atomic mass is 79.9. The second kappa shape index (κ2) is 8.69. The highest BCUT2D eigenvalue weighted by molar-refractivity contribution is 9.10. The van der Waals surface area contributed by atoms with Crippen molar-refractivity contribution in [3.63, 3.8) is 0 Å². The van der Waals surface area contributed by atoms with E-state index in [1.165, 1.54) is 0 Å². The lowest BCUT2D eigenvalue weighted by Gasteiger charge is -2.08. The molecule has 1 atom stereocenters. The van der Waals surface area contributed by atoms with Crippen LogP contribution in [-0.4, -0.2) is 27.5 Å². The van der Waals surface area contributed by atoms with E-state index in [-0.39, 0.29) is 5.91 Å². The van der Waals surface area contributed by atoms with Gasteiger partial charge in [0.1, 0.15) is 0 Å². The summed E-state index contributed by atoms with van der Waals surface area (Å²) in [4.78, 5) is 18.0. The van der Waals surface area contributed by atoms with Crippen molar-refractivity contribution in [3.8, 4) is 0 Å². The van der Waals surface area contributed by atoms with Crippen molar-refractivity contribution in [1.82, 2.24) is 9.78 Å². The van der Waals surface area contributed by atoms with Crippen LogP contribution in [0.25, 0.3) is 0 Å². The van der Waals surface area contributed by atoms with E-state index < -0.39 is 6.10 Å². The Kier molecular flexibility index (Phi) is 6.03. The normalized spacial score (nSPS) is 15.7. The van der Waals surface area contributed by atoms with Crippen molar-refractivity contribution in [2.75, 3.05) is 5.32 Å². The molecule has 3 aromatic rings. The van der Waals surface area contributed by atoms with Crippen molar-refractivity contribution in [2.45, 2.75) is 19.1 Å².